The first-order chi connectivity index (χ1) is 10.8. The highest BCUT2D eigenvalue weighted by Crippen LogP contribution is 2.03. The maximum absolute atomic E-state index is 11.6. The van der Waals surface area contributed by atoms with Crippen LogP contribution in [0.25, 0.3) is 6.08 Å². The van der Waals surface area contributed by atoms with Crippen LogP contribution in [-0.2, 0) is 16.1 Å². The lowest BCUT2D eigenvalue weighted by molar-refractivity contribution is -0.152. The number of aliphatic hydroxyl groups is 1. The molecule has 2 aromatic rings. The number of carbonyl (C=O) groups excluding carboxylic acids is 1. The predicted octanol–water partition coefficient (Wildman–Crippen LogP) is 3.36. The Balaban J connectivity index is 1.78. The van der Waals surface area contributed by atoms with Crippen LogP contribution in [0.4, 0.5) is 0 Å². The van der Waals surface area contributed by atoms with Gasteiger partial charge in [0.15, 0.2) is 6.10 Å². The van der Waals surface area contributed by atoms with Gasteiger partial charge in [0.25, 0.3) is 0 Å². The van der Waals surface area contributed by atoms with Gasteiger partial charge in [0.2, 0.25) is 0 Å². The molecule has 0 heterocycles. The zero-order valence-electron chi connectivity index (χ0n) is 12.1. The molecule has 0 aliphatic rings. The number of hydrogen-bond acceptors (Lipinski definition) is 3. The van der Waals surface area contributed by atoms with Crippen LogP contribution in [0.1, 0.15) is 11.1 Å². The third kappa shape index (κ3) is 5.38. The van der Waals surface area contributed by atoms with Gasteiger partial charge in [0.05, 0.1) is 0 Å². The summed E-state index contributed by atoms with van der Waals surface area (Å²) in [6, 6.07) is 19.1. The molecule has 22 heavy (non-hydrogen) atoms. The molecule has 0 aliphatic heterocycles. The summed E-state index contributed by atoms with van der Waals surface area (Å²) in [5.41, 5.74) is 1.93. The monoisotopic (exact) mass is 294 g/mol. The number of allylic oxidation sites excluding steroid dienone is 2. The van der Waals surface area contributed by atoms with Crippen molar-refractivity contribution < 1.29 is 14.6 Å². The van der Waals surface area contributed by atoms with E-state index in [0.29, 0.717) is 0 Å². The third-order valence-electron chi connectivity index (χ3n) is 2.96. The van der Waals surface area contributed by atoms with Crippen molar-refractivity contribution in [1.82, 2.24) is 0 Å². The van der Waals surface area contributed by atoms with E-state index < -0.39 is 12.1 Å². The average molecular weight is 294 g/mol. The van der Waals surface area contributed by atoms with Crippen LogP contribution in [0.15, 0.2) is 78.9 Å². The zero-order chi connectivity index (χ0) is 15.6. The molecular weight excluding hydrogens is 276 g/mol. The van der Waals surface area contributed by atoms with Gasteiger partial charge in [-0.3, -0.25) is 0 Å². The minimum absolute atomic E-state index is 0.157. The molecule has 1 atom stereocenters. The van der Waals surface area contributed by atoms with Crippen LogP contribution in [0.2, 0.25) is 0 Å². The van der Waals surface area contributed by atoms with Crippen molar-refractivity contribution in [3.05, 3.63) is 90.0 Å². The number of benzene rings is 2. The molecule has 0 fully saturated rings. The summed E-state index contributed by atoms with van der Waals surface area (Å²) in [7, 11) is 0. The van der Waals surface area contributed by atoms with Crippen molar-refractivity contribution in [2.24, 2.45) is 0 Å². The smallest absolute Gasteiger partial charge is 0.339 e. The molecule has 0 unspecified atom stereocenters. The fraction of sp³-hybridized carbons (Fsp3) is 0.105. The van der Waals surface area contributed by atoms with Gasteiger partial charge in [-0.15, -0.1) is 0 Å². The summed E-state index contributed by atoms with van der Waals surface area (Å²) in [6.45, 7) is 0.157. The van der Waals surface area contributed by atoms with Gasteiger partial charge < -0.3 is 9.84 Å². The Bertz CT molecular complexity index is 630. The van der Waals surface area contributed by atoms with E-state index in [2.05, 4.69) is 0 Å². The predicted molar refractivity (Wildman–Crippen MR) is 86.9 cm³/mol. The molecule has 3 heteroatoms. The second kappa shape index (κ2) is 8.60. The van der Waals surface area contributed by atoms with Crippen molar-refractivity contribution in [1.29, 1.82) is 0 Å². The SMILES string of the molecule is O=C(OCc1ccccc1)[C@@H](O)/C=C/C=C/c1ccccc1. The van der Waals surface area contributed by atoms with Crippen LogP contribution in [0, 0.1) is 0 Å². The molecular formula is C19H18O3. The van der Waals surface area contributed by atoms with Crippen molar-refractivity contribution in [3.8, 4) is 0 Å². The minimum atomic E-state index is -1.26. The summed E-state index contributed by atoms with van der Waals surface area (Å²) in [5.74, 6) is -0.659. The molecule has 112 valence electrons. The fourth-order valence-corrected chi connectivity index (χ4v) is 1.79. The summed E-state index contributed by atoms with van der Waals surface area (Å²) in [4.78, 5) is 11.6. The number of rotatable bonds is 6. The molecule has 0 amide bonds. The Morgan fingerprint density at radius 2 is 1.64 bits per heavy atom. The molecule has 0 saturated carbocycles. The second-order valence-corrected chi connectivity index (χ2v) is 4.69. The highest BCUT2D eigenvalue weighted by atomic mass is 16.5. The minimum Gasteiger partial charge on any atom is -0.459 e. The van der Waals surface area contributed by atoms with Crippen molar-refractivity contribution in [2.75, 3.05) is 0 Å². The summed E-state index contributed by atoms with van der Waals surface area (Å²) < 4.78 is 5.04. The standard InChI is InChI=1S/C19H18O3/c20-18(14-8-7-11-16-9-3-1-4-10-16)19(21)22-15-17-12-5-2-6-13-17/h1-14,18,20H,15H2/b11-7+,14-8+/t18-/m0/s1. The van der Waals surface area contributed by atoms with Gasteiger partial charge >= 0.3 is 5.97 Å². The Morgan fingerprint density at radius 3 is 2.32 bits per heavy atom. The highest BCUT2D eigenvalue weighted by Gasteiger charge is 2.12. The topological polar surface area (TPSA) is 46.5 Å². The van der Waals surface area contributed by atoms with E-state index in [9.17, 15) is 9.90 Å². The van der Waals surface area contributed by atoms with Crippen LogP contribution in [0.3, 0.4) is 0 Å². The number of ether oxygens (including phenoxy) is 1. The Morgan fingerprint density at radius 1 is 1.00 bits per heavy atom. The zero-order valence-corrected chi connectivity index (χ0v) is 12.1. The van der Waals surface area contributed by atoms with Crippen LogP contribution in [0.5, 0.6) is 0 Å². The van der Waals surface area contributed by atoms with E-state index in [-0.39, 0.29) is 6.61 Å². The van der Waals surface area contributed by atoms with Crippen molar-refractivity contribution in [3.63, 3.8) is 0 Å². The lowest BCUT2D eigenvalue weighted by Crippen LogP contribution is -2.20. The van der Waals surface area contributed by atoms with E-state index >= 15 is 0 Å². The molecule has 0 radical (unpaired) electrons. The summed E-state index contributed by atoms with van der Waals surface area (Å²) in [6.07, 6.45) is 5.42. The molecule has 0 aromatic heterocycles. The highest BCUT2D eigenvalue weighted by molar-refractivity contribution is 5.76. The van der Waals surface area contributed by atoms with E-state index in [0.717, 1.165) is 11.1 Å². The molecule has 3 nitrogen and oxygen atoms in total. The number of aliphatic hydroxyl groups excluding tert-OH is 1. The first-order valence-corrected chi connectivity index (χ1v) is 7.04. The number of esters is 1. The summed E-state index contributed by atoms with van der Waals surface area (Å²) in [5, 5.41) is 9.70. The van der Waals surface area contributed by atoms with Crippen molar-refractivity contribution in [2.45, 2.75) is 12.7 Å². The Labute approximate surface area is 130 Å². The first-order valence-electron chi connectivity index (χ1n) is 7.04. The number of hydrogen-bond donors (Lipinski definition) is 1. The molecule has 0 spiro atoms. The van der Waals surface area contributed by atoms with Crippen LogP contribution < -0.4 is 0 Å². The fourth-order valence-electron chi connectivity index (χ4n) is 1.79. The summed E-state index contributed by atoms with van der Waals surface area (Å²) >= 11 is 0. The maximum Gasteiger partial charge on any atom is 0.339 e. The van der Waals surface area contributed by atoms with Crippen LogP contribution in [-0.4, -0.2) is 17.2 Å². The molecule has 2 aromatic carbocycles. The van der Waals surface area contributed by atoms with Gasteiger partial charge in [-0.25, -0.2) is 4.79 Å². The molecule has 1 N–H and O–H groups in total. The van der Waals surface area contributed by atoms with E-state index in [4.69, 9.17) is 4.74 Å². The molecule has 0 bridgehead atoms. The molecule has 0 saturated heterocycles. The molecule has 2 rings (SSSR count). The van der Waals surface area contributed by atoms with Crippen molar-refractivity contribution >= 4 is 12.0 Å². The van der Waals surface area contributed by atoms with E-state index in [1.807, 2.05) is 66.7 Å². The molecule has 0 aliphatic carbocycles. The van der Waals surface area contributed by atoms with Gasteiger partial charge in [-0.2, -0.15) is 0 Å². The average Bonchev–Trinajstić information content (AvgIpc) is 2.58. The normalized spacial score (nSPS) is 12.6. The Hall–Kier alpha value is -2.65. The van der Waals surface area contributed by atoms with E-state index in [1.54, 1.807) is 12.2 Å². The van der Waals surface area contributed by atoms with Crippen LogP contribution >= 0.6 is 0 Å². The van der Waals surface area contributed by atoms with Gasteiger partial charge in [0, 0.05) is 0 Å². The first kappa shape index (κ1) is 15.7. The lowest BCUT2D eigenvalue weighted by atomic mass is 10.2. The lowest BCUT2D eigenvalue weighted by Gasteiger charge is -2.07. The number of carbonyl (C=O) groups is 1. The maximum atomic E-state index is 11.6. The van der Waals surface area contributed by atoms with Gasteiger partial charge in [-0.05, 0) is 17.2 Å². The van der Waals surface area contributed by atoms with Gasteiger partial charge in [0.1, 0.15) is 6.61 Å². The van der Waals surface area contributed by atoms with Gasteiger partial charge in [-0.1, -0.05) is 78.9 Å². The quantitative estimate of drug-likeness (QED) is 0.656. The largest absolute Gasteiger partial charge is 0.459 e. The van der Waals surface area contributed by atoms with E-state index in [1.165, 1.54) is 6.08 Å². The third-order valence-corrected chi connectivity index (χ3v) is 2.96. The second-order valence-electron chi connectivity index (χ2n) is 4.69. The Kier molecular flexibility index (Phi) is 6.15.